The lowest BCUT2D eigenvalue weighted by atomic mass is 10.0. The van der Waals surface area contributed by atoms with Crippen molar-refractivity contribution in [3.63, 3.8) is 0 Å². The van der Waals surface area contributed by atoms with E-state index >= 15 is 0 Å². The number of carbonyl (C=O) groups excluding carboxylic acids is 1. The molecular weight excluding hydrogens is 234 g/mol. The van der Waals surface area contributed by atoms with Gasteiger partial charge in [-0.1, -0.05) is 0 Å². The zero-order valence-corrected chi connectivity index (χ0v) is 9.98. The summed E-state index contributed by atoms with van der Waals surface area (Å²) in [6.45, 7) is 1.07. The largest absolute Gasteiger partial charge is 0.395 e. The molecule has 1 aliphatic rings. The van der Waals surface area contributed by atoms with Gasteiger partial charge in [-0.15, -0.1) is 11.8 Å². The zero-order valence-electron chi connectivity index (χ0n) is 9.16. The molecule has 1 rings (SSSR count). The Morgan fingerprint density at radius 1 is 1.44 bits per heavy atom. The lowest BCUT2D eigenvalue weighted by Gasteiger charge is -2.41. The molecule has 0 aromatic heterocycles. The Morgan fingerprint density at radius 2 is 2.06 bits per heavy atom. The molecular formula is C9H17NO5S. The third-order valence-corrected chi connectivity index (χ3v) is 4.01. The molecule has 4 N–H and O–H groups in total. The molecule has 6 nitrogen and oxygen atoms in total. The molecule has 0 aromatic carbocycles. The van der Waals surface area contributed by atoms with E-state index in [9.17, 15) is 15.0 Å². The predicted octanol–water partition coefficient (Wildman–Crippen LogP) is -1.71. The Kier molecular flexibility index (Phi) is 5.00. The minimum atomic E-state index is -1.15. The van der Waals surface area contributed by atoms with Crippen LogP contribution in [0.1, 0.15) is 6.92 Å². The van der Waals surface area contributed by atoms with Gasteiger partial charge in [0.25, 0.3) is 0 Å². The summed E-state index contributed by atoms with van der Waals surface area (Å²) in [7, 11) is 1.45. The van der Waals surface area contributed by atoms with Crippen molar-refractivity contribution in [2.45, 2.75) is 35.9 Å². The van der Waals surface area contributed by atoms with Crippen molar-refractivity contribution in [3.8, 4) is 0 Å². The molecule has 7 heteroatoms. The number of amides is 1. The molecule has 1 saturated heterocycles. The van der Waals surface area contributed by atoms with Gasteiger partial charge in [-0.25, -0.2) is 0 Å². The van der Waals surface area contributed by atoms with Gasteiger partial charge in [-0.2, -0.15) is 0 Å². The zero-order chi connectivity index (χ0) is 12.3. The second-order valence-electron chi connectivity index (χ2n) is 3.67. The molecule has 0 saturated carbocycles. The van der Waals surface area contributed by atoms with Crippen LogP contribution in [0, 0.1) is 0 Å². The number of rotatable bonds is 3. The van der Waals surface area contributed by atoms with Crippen LogP contribution in [0.5, 0.6) is 0 Å². The lowest BCUT2D eigenvalue weighted by molar-refractivity contribution is -0.123. The molecule has 0 aromatic rings. The summed E-state index contributed by atoms with van der Waals surface area (Å²) in [6, 6.07) is -0.676. The van der Waals surface area contributed by atoms with E-state index in [0.29, 0.717) is 0 Å². The summed E-state index contributed by atoms with van der Waals surface area (Å²) in [5.41, 5.74) is -0.487. The van der Waals surface area contributed by atoms with Gasteiger partial charge in [0, 0.05) is 14.0 Å². The first-order valence-electron chi connectivity index (χ1n) is 4.93. The number of thioether (sulfide) groups is 1. The minimum absolute atomic E-state index is 0.254. The molecule has 0 spiro atoms. The fraction of sp³-hybridized carbons (Fsp3) is 0.889. The van der Waals surface area contributed by atoms with Crippen molar-refractivity contribution in [2.75, 3.05) is 13.7 Å². The lowest BCUT2D eigenvalue weighted by Crippen LogP contribution is -2.60. The maximum atomic E-state index is 11.0. The molecule has 3 unspecified atom stereocenters. The van der Waals surface area contributed by atoms with Crippen molar-refractivity contribution in [1.82, 2.24) is 5.32 Å². The van der Waals surface area contributed by atoms with Gasteiger partial charge < -0.3 is 25.4 Å². The van der Waals surface area contributed by atoms with E-state index in [-0.39, 0.29) is 12.5 Å². The van der Waals surface area contributed by atoms with Crippen LogP contribution in [-0.4, -0.2) is 63.9 Å². The molecule has 1 fully saturated rings. The van der Waals surface area contributed by atoms with Crippen LogP contribution in [0.4, 0.5) is 0 Å². The van der Waals surface area contributed by atoms with Crippen LogP contribution in [0.25, 0.3) is 0 Å². The van der Waals surface area contributed by atoms with Crippen LogP contribution in [0.2, 0.25) is 0 Å². The van der Waals surface area contributed by atoms with Crippen molar-refractivity contribution >= 4 is 17.7 Å². The van der Waals surface area contributed by atoms with Crippen LogP contribution >= 0.6 is 11.8 Å². The summed E-state index contributed by atoms with van der Waals surface area (Å²) in [5, 5.41) is 30.6. The Balaban J connectivity index is 2.77. The van der Waals surface area contributed by atoms with Gasteiger partial charge in [0.1, 0.15) is 11.5 Å². The van der Waals surface area contributed by atoms with Gasteiger partial charge in [0.05, 0.1) is 24.0 Å². The first kappa shape index (κ1) is 13.7. The number of carbonyl (C=O) groups is 1. The monoisotopic (exact) mass is 251 g/mol. The second kappa shape index (κ2) is 5.83. The smallest absolute Gasteiger partial charge is 0.217 e. The molecule has 5 atom stereocenters. The Bertz CT molecular complexity index is 250. The van der Waals surface area contributed by atoms with Gasteiger partial charge in [-0.05, 0) is 0 Å². The summed E-state index contributed by atoms with van der Waals surface area (Å²) in [5.74, 6) is -0.304. The molecule has 0 radical (unpaired) electrons. The normalized spacial score (nSPS) is 39.4. The quantitative estimate of drug-likeness (QED) is 0.477. The topological polar surface area (TPSA) is 99.0 Å². The molecule has 0 aliphatic carbocycles. The highest BCUT2D eigenvalue weighted by molar-refractivity contribution is 8.00. The highest BCUT2D eigenvalue weighted by Gasteiger charge is 2.44. The van der Waals surface area contributed by atoms with E-state index in [2.05, 4.69) is 5.32 Å². The number of ether oxygens (including phenoxy) is 1. The minimum Gasteiger partial charge on any atom is -0.395 e. The van der Waals surface area contributed by atoms with Gasteiger partial charge in [0.2, 0.25) is 5.91 Å². The van der Waals surface area contributed by atoms with E-state index in [1.807, 2.05) is 0 Å². The Labute approximate surface area is 98.0 Å². The number of hydrogen-bond acceptors (Lipinski definition) is 6. The average molecular weight is 251 g/mol. The highest BCUT2D eigenvalue weighted by atomic mass is 32.2. The third-order valence-electron chi connectivity index (χ3n) is 2.48. The second-order valence-corrected chi connectivity index (χ2v) is 5.01. The van der Waals surface area contributed by atoms with E-state index in [1.165, 1.54) is 25.8 Å². The molecule has 1 heterocycles. The first-order chi connectivity index (χ1) is 7.51. The number of nitrogens with one attached hydrogen (secondary N) is 1. The highest BCUT2D eigenvalue weighted by Crippen LogP contribution is 2.32. The number of methoxy groups -OCH3 is 1. The van der Waals surface area contributed by atoms with Crippen molar-refractivity contribution in [2.24, 2.45) is 0 Å². The van der Waals surface area contributed by atoms with Gasteiger partial charge in [0.15, 0.2) is 0 Å². The molecule has 0 bridgehead atoms. The molecule has 1 amide bonds. The SMILES string of the molecule is CO[C@@H]1SC(CO)[C@@H](O)C(O)C1NC(C)=O. The average Bonchev–Trinajstić information content (AvgIpc) is 2.25. The Morgan fingerprint density at radius 3 is 2.50 bits per heavy atom. The van der Waals surface area contributed by atoms with Crippen molar-refractivity contribution in [1.29, 1.82) is 0 Å². The van der Waals surface area contributed by atoms with E-state index in [0.717, 1.165) is 0 Å². The molecule has 1 aliphatic heterocycles. The maximum Gasteiger partial charge on any atom is 0.217 e. The summed E-state index contributed by atoms with van der Waals surface area (Å²) >= 11 is 1.20. The van der Waals surface area contributed by atoms with Crippen molar-refractivity contribution < 1.29 is 24.9 Å². The number of aliphatic hydroxyl groups excluding tert-OH is 3. The standard InChI is InChI=1S/C9H17NO5S/c1-4(12)10-6-8(14)7(13)5(3-11)16-9(6)15-2/h5-9,11,13-14H,3H2,1-2H3,(H,10,12)/t5?,6?,7-,8?,9-/m1/s1. The van der Waals surface area contributed by atoms with Crippen LogP contribution < -0.4 is 5.32 Å². The fourth-order valence-corrected chi connectivity index (χ4v) is 2.93. The van der Waals surface area contributed by atoms with E-state index < -0.39 is 28.9 Å². The number of hydrogen-bond donors (Lipinski definition) is 4. The maximum absolute atomic E-state index is 11.0. The summed E-state index contributed by atoms with van der Waals surface area (Å²) in [4.78, 5) is 11.0. The van der Waals surface area contributed by atoms with Gasteiger partial charge in [-0.3, -0.25) is 4.79 Å². The third kappa shape index (κ3) is 2.86. The van der Waals surface area contributed by atoms with Crippen molar-refractivity contribution in [3.05, 3.63) is 0 Å². The number of aliphatic hydroxyl groups is 3. The fourth-order valence-electron chi connectivity index (χ4n) is 1.67. The first-order valence-corrected chi connectivity index (χ1v) is 5.88. The van der Waals surface area contributed by atoms with E-state index in [4.69, 9.17) is 9.84 Å². The van der Waals surface area contributed by atoms with Crippen LogP contribution in [0.15, 0.2) is 0 Å². The van der Waals surface area contributed by atoms with Crippen LogP contribution in [0.3, 0.4) is 0 Å². The molecule has 94 valence electrons. The summed E-state index contributed by atoms with van der Waals surface area (Å²) in [6.07, 6.45) is -2.23. The van der Waals surface area contributed by atoms with E-state index in [1.54, 1.807) is 0 Å². The predicted molar refractivity (Wildman–Crippen MR) is 58.9 cm³/mol. The summed E-state index contributed by atoms with van der Waals surface area (Å²) < 4.78 is 5.12. The van der Waals surface area contributed by atoms with Crippen LogP contribution in [-0.2, 0) is 9.53 Å². The Hall–Kier alpha value is -0.340. The molecule has 16 heavy (non-hydrogen) atoms. The van der Waals surface area contributed by atoms with Gasteiger partial charge >= 0.3 is 0 Å².